The molecule has 2 aliphatic carbocycles. The molecule has 2 heterocycles. The molecular formula is C31H30O7. The molecule has 7 heteroatoms. The molecule has 0 N–H and O–H groups in total. The number of esters is 2. The lowest BCUT2D eigenvalue weighted by Crippen LogP contribution is -2.48. The predicted octanol–water partition coefficient (Wildman–Crippen LogP) is 4.42. The minimum atomic E-state index is -1.89. The van der Waals surface area contributed by atoms with E-state index in [0.29, 0.717) is 22.6 Å². The van der Waals surface area contributed by atoms with Crippen LogP contribution in [0.3, 0.4) is 0 Å². The van der Waals surface area contributed by atoms with E-state index in [2.05, 4.69) is 0 Å². The van der Waals surface area contributed by atoms with E-state index in [1.54, 1.807) is 90.1 Å². The molecule has 0 radical (unpaired) electrons. The Morgan fingerprint density at radius 3 is 1.32 bits per heavy atom. The molecule has 2 fully saturated rings. The fourth-order valence-corrected chi connectivity index (χ4v) is 6.90. The summed E-state index contributed by atoms with van der Waals surface area (Å²) in [4.78, 5) is 70.0. The van der Waals surface area contributed by atoms with Gasteiger partial charge in [0.25, 0.3) is 0 Å². The van der Waals surface area contributed by atoms with Crippen LogP contribution in [-0.2, 0) is 24.0 Å². The van der Waals surface area contributed by atoms with Gasteiger partial charge in [-0.25, -0.2) is 0 Å². The van der Waals surface area contributed by atoms with Crippen molar-refractivity contribution < 1.29 is 33.4 Å². The Bertz CT molecular complexity index is 1360. The fourth-order valence-electron chi connectivity index (χ4n) is 6.90. The zero-order valence-electron chi connectivity index (χ0n) is 22.3. The summed E-state index contributed by atoms with van der Waals surface area (Å²) in [7, 11) is 0. The van der Waals surface area contributed by atoms with Gasteiger partial charge in [-0.2, -0.15) is 0 Å². The number of rotatable bonds is 4. The van der Waals surface area contributed by atoms with Gasteiger partial charge >= 0.3 is 11.9 Å². The van der Waals surface area contributed by atoms with Crippen LogP contribution >= 0.6 is 0 Å². The quantitative estimate of drug-likeness (QED) is 0.338. The highest BCUT2D eigenvalue weighted by atomic mass is 16.5. The highest BCUT2D eigenvalue weighted by molar-refractivity contribution is 6.28. The molecule has 7 nitrogen and oxygen atoms in total. The van der Waals surface area contributed by atoms with Crippen LogP contribution in [0.25, 0.3) is 0 Å². The number of Topliss-reactive ketones (excluding diaryl/α,β-unsaturated/α-hetero) is 3. The average Bonchev–Trinajstić information content (AvgIpc) is 3.73. The third kappa shape index (κ3) is 2.82. The Hall–Kier alpha value is -3.61. The summed E-state index contributed by atoms with van der Waals surface area (Å²) < 4.78 is 11.4. The Kier molecular flexibility index (Phi) is 4.73. The second kappa shape index (κ2) is 7.28. The molecule has 0 aromatic heterocycles. The number of ether oxygens (including phenoxy) is 2. The highest BCUT2D eigenvalue weighted by Gasteiger charge is 2.90. The molecule has 2 aliphatic heterocycles. The fraction of sp³-hybridized carbons (Fsp3) is 0.452. The molecule has 6 rings (SSSR count). The number of ketones is 3. The van der Waals surface area contributed by atoms with Gasteiger partial charge < -0.3 is 9.47 Å². The molecule has 4 aliphatic rings. The Balaban J connectivity index is 1.56. The van der Waals surface area contributed by atoms with Crippen molar-refractivity contribution in [1.82, 2.24) is 0 Å². The second-order valence-corrected chi connectivity index (χ2v) is 13.1. The van der Waals surface area contributed by atoms with Gasteiger partial charge in [-0.15, -0.1) is 0 Å². The molecule has 2 aromatic rings. The molecule has 0 spiro atoms. The monoisotopic (exact) mass is 514 g/mol. The van der Waals surface area contributed by atoms with Crippen LogP contribution in [-0.4, -0.2) is 29.3 Å². The lowest BCUT2D eigenvalue weighted by Gasteiger charge is -2.29. The van der Waals surface area contributed by atoms with Crippen LogP contribution in [0.4, 0.5) is 0 Å². The van der Waals surface area contributed by atoms with Gasteiger partial charge in [0.05, 0.1) is 11.8 Å². The number of hydrogen-bond acceptors (Lipinski definition) is 7. The Morgan fingerprint density at radius 1 is 0.632 bits per heavy atom. The van der Waals surface area contributed by atoms with Crippen molar-refractivity contribution in [2.24, 2.45) is 33.5 Å². The number of fused-ring (bicyclic) bond motifs is 6. The second-order valence-electron chi connectivity index (χ2n) is 13.1. The molecule has 0 amide bonds. The maximum atomic E-state index is 14.9. The summed E-state index contributed by atoms with van der Waals surface area (Å²) in [5.74, 6) is -5.89. The molecule has 6 atom stereocenters. The van der Waals surface area contributed by atoms with Crippen molar-refractivity contribution in [3.8, 4) is 11.5 Å². The molecule has 0 saturated heterocycles. The third-order valence-corrected chi connectivity index (χ3v) is 8.79. The van der Waals surface area contributed by atoms with E-state index >= 15 is 0 Å². The molecule has 0 bridgehead atoms. The largest absolute Gasteiger partial charge is 0.425 e. The minimum Gasteiger partial charge on any atom is -0.425 e. The van der Waals surface area contributed by atoms with Gasteiger partial charge in [0, 0.05) is 33.8 Å². The van der Waals surface area contributed by atoms with E-state index in [4.69, 9.17) is 9.47 Å². The number of para-hydroxylation sites is 2. The van der Waals surface area contributed by atoms with E-state index in [1.807, 2.05) is 0 Å². The topological polar surface area (TPSA) is 104 Å². The van der Waals surface area contributed by atoms with Crippen LogP contribution < -0.4 is 9.47 Å². The van der Waals surface area contributed by atoms with Gasteiger partial charge in [-0.05, 0) is 12.1 Å². The zero-order chi connectivity index (χ0) is 27.6. The smallest absolute Gasteiger partial charge is 0.326 e. The van der Waals surface area contributed by atoms with Crippen molar-refractivity contribution >= 4 is 29.3 Å². The minimum absolute atomic E-state index is 0.263. The highest BCUT2D eigenvalue weighted by Crippen LogP contribution is 2.79. The maximum Gasteiger partial charge on any atom is 0.326 e. The lowest BCUT2D eigenvalue weighted by atomic mass is 9.76. The van der Waals surface area contributed by atoms with Crippen molar-refractivity contribution in [3.63, 3.8) is 0 Å². The standard InChI is InChI=1S/C31H30O7/c1-28(2,3)23(32)21-19-15-11-7-9-13-17(15)37-26(35)30(19,21)25(34)31-20(22(31)24(33)29(4,5)6)16-12-8-10-14-18(16)38-27(31)36/h7-14,19-22H,1-6H3/t19-,20-,21-,22-,30-,31+/m1/s1. The van der Waals surface area contributed by atoms with Crippen molar-refractivity contribution in [2.75, 3.05) is 0 Å². The van der Waals surface area contributed by atoms with Crippen LogP contribution in [0, 0.1) is 33.5 Å². The first-order valence-corrected chi connectivity index (χ1v) is 13.0. The normalized spacial score (nSPS) is 32.5. The van der Waals surface area contributed by atoms with Crippen LogP contribution in [0.5, 0.6) is 11.5 Å². The van der Waals surface area contributed by atoms with Crippen molar-refractivity contribution in [1.29, 1.82) is 0 Å². The van der Waals surface area contributed by atoms with Crippen LogP contribution in [0.2, 0.25) is 0 Å². The summed E-state index contributed by atoms with van der Waals surface area (Å²) in [6, 6.07) is 13.7. The van der Waals surface area contributed by atoms with Gasteiger partial charge in [-0.1, -0.05) is 77.9 Å². The van der Waals surface area contributed by atoms with E-state index in [0.717, 1.165) is 0 Å². The molecule has 38 heavy (non-hydrogen) atoms. The maximum absolute atomic E-state index is 14.9. The predicted molar refractivity (Wildman–Crippen MR) is 135 cm³/mol. The van der Waals surface area contributed by atoms with Crippen molar-refractivity contribution in [3.05, 3.63) is 59.7 Å². The number of hydrogen-bond donors (Lipinski definition) is 0. The third-order valence-electron chi connectivity index (χ3n) is 8.79. The van der Waals surface area contributed by atoms with E-state index < -0.39 is 63.1 Å². The first kappa shape index (κ1) is 24.7. The van der Waals surface area contributed by atoms with Gasteiger partial charge in [0.2, 0.25) is 0 Å². The van der Waals surface area contributed by atoms with Gasteiger partial charge in [0.1, 0.15) is 33.9 Å². The summed E-state index contributed by atoms with van der Waals surface area (Å²) in [6.07, 6.45) is 0. The zero-order valence-corrected chi connectivity index (χ0v) is 22.3. The number of carbonyl (C=O) groups is 5. The molecule has 2 saturated carbocycles. The first-order valence-electron chi connectivity index (χ1n) is 13.0. The number of carbonyl (C=O) groups excluding carboxylic acids is 5. The summed E-state index contributed by atoms with van der Waals surface area (Å²) in [5.41, 5.74) is -4.33. The van der Waals surface area contributed by atoms with Crippen LogP contribution in [0.15, 0.2) is 48.5 Å². The average molecular weight is 515 g/mol. The lowest BCUT2D eigenvalue weighted by molar-refractivity contribution is -0.158. The summed E-state index contributed by atoms with van der Waals surface area (Å²) in [6.45, 7) is 10.4. The van der Waals surface area contributed by atoms with Crippen molar-refractivity contribution in [2.45, 2.75) is 53.4 Å². The number of benzene rings is 2. The Labute approximate surface area is 220 Å². The molecule has 0 unspecified atom stereocenters. The van der Waals surface area contributed by atoms with Crippen LogP contribution in [0.1, 0.15) is 64.5 Å². The molecule has 2 aromatic carbocycles. The summed E-state index contributed by atoms with van der Waals surface area (Å²) >= 11 is 0. The van der Waals surface area contributed by atoms with E-state index in [-0.39, 0.29) is 11.6 Å². The van der Waals surface area contributed by atoms with Gasteiger partial charge in [-0.3, -0.25) is 24.0 Å². The van der Waals surface area contributed by atoms with Gasteiger partial charge in [0.15, 0.2) is 5.78 Å². The Morgan fingerprint density at radius 2 is 0.974 bits per heavy atom. The molecular weight excluding hydrogens is 484 g/mol. The molecule has 196 valence electrons. The first-order chi connectivity index (χ1) is 17.7. The SMILES string of the molecule is CC(C)(C)C(=O)[C@H]1[C@H]2c3ccccc3OC(=O)[C@]21C(=O)[C@]12C(=O)Oc3ccccc3[C@@H]1[C@@H]2C(=O)C(C)(C)C. The van der Waals surface area contributed by atoms with E-state index in [1.165, 1.54) is 0 Å². The summed E-state index contributed by atoms with van der Waals surface area (Å²) in [5, 5.41) is 0. The van der Waals surface area contributed by atoms with E-state index in [9.17, 15) is 24.0 Å².